The van der Waals surface area contributed by atoms with Crippen LogP contribution in [0.25, 0.3) is 11.3 Å². The van der Waals surface area contributed by atoms with Crippen molar-refractivity contribution in [3.63, 3.8) is 0 Å². The third kappa shape index (κ3) is 14.2. The molecule has 314 valence electrons. The molecule has 5 N–H and O–H groups in total. The molecule has 0 bridgehead atoms. The van der Waals surface area contributed by atoms with Crippen LogP contribution >= 0.6 is 0 Å². The van der Waals surface area contributed by atoms with Crippen LogP contribution in [0.1, 0.15) is 81.5 Å². The first-order valence-corrected chi connectivity index (χ1v) is 19.1. The smallest absolute Gasteiger partial charge is 0.348 e. The van der Waals surface area contributed by atoms with Gasteiger partial charge in [0.25, 0.3) is 5.97 Å². The Bertz CT molecular complexity index is 2040. The van der Waals surface area contributed by atoms with Crippen molar-refractivity contribution in [3.05, 3.63) is 106 Å². The Morgan fingerprint density at radius 3 is 2.10 bits per heavy atom. The lowest BCUT2D eigenvalue weighted by Gasteiger charge is -2.27. The number of ether oxygens (including phenoxy) is 4. The Morgan fingerprint density at radius 1 is 0.932 bits per heavy atom. The molecular formula is C44H51N3O12. The minimum absolute atomic E-state index is 0.111. The number of methoxy groups -OCH3 is 1. The molecule has 1 saturated heterocycles. The number of phenols is 1. The van der Waals surface area contributed by atoms with Crippen molar-refractivity contribution in [2.45, 2.75) is 65.1 Å². The molecule has 0 radical (unpaired) electrons. The first-order chi connectivity index (χ1) is 28.3. The number of aryl methyl sites for hydroxylation is 2. The van der Waals surface area contributed by atoms with Gasteiger partial charge in [0.1, 0.15) is 23.9 Å². The number of esters is 2. The van der Waals surface area contributed by atoms with E-state index in [0.29, 0.717) is 53.9 Å². The van der Waals surface area contributed by atoms with Crippen LogP contribution in [0.3, 0.4) is 0 Å². The number of carbonyl (C=O) groups is 5. The number of nitrogens with one attached hydrogen (secondary N) is 2. The summed E-state index contributed by atoms with van der Waals surface area (Å²) in [6, 6.07) is 20.4. The minimum Gasteiger partial charge on any atom is -0.507 e. The third-order valence-electron chi connectivity index (χ3n) is 9.28. The molecular weight excluding hydrogens is 762 g/mol. The van der Waals surface area contributed by atoms with Crippen LogP contribution in [0.4, 0.5) is 5.82 Å². The molecule has 59 heavy (non-hydrogen) atoms. The van der Waals surface area contributed by atoms with Gasteiger partial charge in [-0.2, -0.15) is 0 Å². The molecule has 0 spiro atoms. The lowest BCUT2D eigenvalue weighted by molar-refractivity contribution is -0.149. The number of hydrogen-bond acceptors (Lipinski definition) is 12. The van der Waals surface area contributed by atoms with Crippen LogP contribution in [-0.2, 0) is 35.2 Å². The number of carboxylic acids is 2. The summed E-state index contributed by atoms with van der Waals surface area (Å²) in [5.41, 5.74) is 5.55. The van der Waals surface area contributed by atoms with E-state index in [1.54, 1.807) is 55.6 Å². The first-order valence-electron chi connectivity index (χ1n) is 19.1. The van der Waals surface area contributed by atoms with Gasteiger partial charge in [-0.3, -0.25) is 9.59 Å². The maximum atomic E-state index is 12.0. The number of pyridine rings is 1. The normalized spacial score (nSPS) is 14.8. The second-order valence-electron chi connectivity index (χ2n) is 14.1. The zero-order valence-corrected chi connectivity index (χ0v) is 33.6. The number of piperidine rings is 1. The number of nitrogens with zero attached hydrogens (tertiary/aromatic N) is 1. The van der Waals surface area contributed by atoms with E-state index in [0.717, 1.165) is 55.1 Å². The zero-order valence-electron chi connectivity index (χ0n) is 33.6. The predicted octanol–water partition coefficient (Wildman–Crippen LogP) is 6.29. The Hall–Kier alpha value is -6.32. The summed E-state index contributed by atoms with van der Waals surface area (Å²) in [6.45, 7) is 7.09. The van der Waals surface area contributed by atoms with Gasteiger partial charge in [0.15, 0.2) is 0 Å². The summed E-state index contributed by atoms with van der Waals surface area (Å²) in [5.74, 6) is -1.65. The molecule has 1 saturated carbocycles. The molecule has 4 aromatic rings. The largest absolute Gasteiger partial charge is 0.507 e. The van der Waals surface area contributed by atoms with Gasteiger partial charge in [0, 0.05) is 26.1 Å². The van der Waals surface area contributed by atoms with Gasteiger partial charge in [0.2, 0.25) is 12.5 Å². The Balaban J connectivity index is 0.000000243. The van der Waals surface area contributed by atoms with Gasteiger partial charge in [-0.15, -0.1) is 0 Å². The lowest BCUT2D eigenvalue weighted by atomic mass is 9.87. The number of carbonyl (C=O) groups excluding carboxylic acids is 3. The highest BCUT2D eigenvalue weighted by Crippen LogP contribution is 2.41. The van der Waals surface area contributed by atoms with Gasteiger partial charge in [0.05, 0.1) is 35.6 Å². The quantitative estimate of drug-likeness (QED) is 0.0659. The first kappa shape index (κ1) is 45.4. The van der Waals surface area contributed by atoms with Gasteiger partial charge in [-0.1, -0.05) is 41.5 Å². The molecule has 1 aromatic heterocycles. The number of aliphatic carboxylic acids is 2. The molecule has 2 atom stereocenters. The number of amides is 1. The van der Waals surface area contributed by atoms with Crippen molar-refractivity contribution in [2.24, 2.45) is 5.92 Å². The van der Waals surface area contributed by atoms with Crippen LogP contribution in [-0.4, -0.2) is 90.1 Å². The number of carboxylic acid groups (broad SMARTS) is 2. The molecule has 1 aliphatic carbocycles. The summed E-state index contributed by atoms with van der Waals surface area (Å²) >= 11 is 0. The monoisotopic (exact) mass is 813 g/mol. The molecule has 2 aliphatic rings. The van der Waals surface area contributed by atoms with E-state index >= 15 is 0 Å². The summed E-state index contributed by atoms with van der Waals surface area (Å²) in [5, 5.41) is 33.4. The van der Waals surface area contributed by atoms with Gasteiger partial charge in [-0.25, -0.2) is 19.4 Å². The number of anilines is 1. The molecule has 2 fully saturated rings. The molecule has 1 aliphatic heterocycles. The summed E-state index contributed by atoms with van der Waals surface area (Å²) in [7, 11) is 1.63. The van der Waals surface area contributed by atoms with E-state index in [9.17, 15) is 24.3 Å². The molecule has 1 unspecified atom stereocenters. The molecule has 2 heterocycles. The van der Waals surface area contributed by atoms with Crippen LogP contribution < -0.4 is 15.4 Å². The number of phenolic OH excluding ortho intramolecular Hbond substituents is 1. The van der Waals surface area contributed by atoms with Crippen LogP contribution in [0.2, 0.25) is 0 Å². The highest BCUT2D eigenvalue weighted by Gasteiger charge is 2.27. The van der Waals surface area contributed by atoms with E-state index in [-0.39, 0.29) is 17.2 Å². The SMILES string of the molecule is CC(=O)O.COCc1c([C@@H]2CCCNC2)cc(-c2c(O)cccc2OCC2CC2)nc1NC=O.Cc1ccc(C(=O)OCC(OC(=O)c2ccc(C)cc2)C(=O)O)cc1. The third-order valence-corrected chi connectivity index (χ3v) is 9.28. The standard InChI is InChI=1S/C23H29N3O4.C19H18O6.C2H4O2/c1-29-13-18-17(16-4-3-9-24-11-16)10-19(26-23(18)25-14-27)22-20(28)5-2-6-21(22)30-12-15-7-8-15;1-12-3-7-14(8-4-12)18(22)24-11-16(17(20)21)25-19(23)15-9-5-13(2)6-10-15;1-2(3)4/h2,5-6,10,14-16,24,28H,3-4,7-9,11-13H2,1H3,(H,25,26,27);3-10,16H,11H2,1-2H3,(H,20,21);1H3,(H,3,4)/t16-;;/m1../s1. The highest BCUT2D eigenvalue weighted by molar-refractivity contribution is 5.92. The molecule has 1 amide bonds. The van der Waals surface area contributed by atoms with Gasteiger partial charge in [-0.05, 0) is 106 Å². The molecule has 6 rings (SSSR count). The molecule has 3 aromatic carbocycles. The fourth-order valence-corrected chi connectivity index (χ4v) is 6.03. The Labute approximate surface area is 342 Å². The lowest BCUT2D eigenvalue weighted by Crippen LogP contribution is -2.32. The fourth-order valence-electron chi connectivity index (χ4n) is 6.03. The van der Waals surface area contributed by atoms with Crippen LogP contribution in [0.5, 0.6) is 11.5 Å². The second-order valence-corrected chi connectivity index (χ2v) is 14.1. The van der Waals surface area contributed by atoms with Crippen molar-refractivity contribution < 1.29 is 58.2 Å². The van der Waals surface area contributed by atoms with Crippen molar-refractivity contribution in [2.75, 3.05) is 38.7 Å². The number of aromatic hydroxyl groups is 1. The average molecular weight is 814 g/mol. The maximum Gasteiger partial charge on any atom is 0.348 e. The Kier molecular flexibility index (Phi) is 17.4. The minimum atomic E-state index is -1.58. The number of rotatable bonds is 15. The maximum absolute atomic E-state index is 12.0. The highest BCUT2D eigenvalue weighted by atomic mass is 16.6. The average Bonchev–Trinajstić information content (AvgIpc) is 4.05. The predicted molar refractivity (Wildman–Crippen MR) is 218 cm³/mol. The van der Waals surface area contributed by atoms with Gasteiger partial charge >= 0.3 is 17.9 Å². The molecule has 15 nitrogen and oxygen atoms in total. The van der Waals surface area contributed by atoms with E-state index in [1.165, 1.54) is 25.0 Å². The van der Waals surface area contributed by atoms with Crippen molar-refractivity contribution in [1.29, 1.82) is 0 Å². The van der Waals surface area contributed by atoms with Crippen LogP contribution in [0, 0.1) is 19.8 Å². The van der Waals surface area contributed by atoms with E-state index in [1.807, 2.05) is 26.0 Å². The van der Waals surface area contributed by atoms with Crippen molar-refractivity contribution in [3.8, 4) is 22.8 Å². The number of aromatic nitrogens is 1. The van der Waals surface area contributed by atoms with E-state index in [2.05, 4.69) is 15.6 Å². The summed E-state index contributed by atoms with van der Waals surface area (Å²) in [6.07, 6.45) is 3.54. The molecule has 15 heteroatoms. The topological polar surface area (TPSA) is 220 Å². The number of benzene rings is 3. The fraction of sp³-hybridized carbons (Fsp3) is 0.364. The summed E-state index contributed by atoms with van der Waals surface area (Å²) < 4.78 is 21.3. The summed E-state index contributed by atoms with van der Waals surface area (Å²) in [4.78, 5) is 60.2. The Morgan fingerprint density at radius 2 is 1.56 bits per heavy atom. The van der Waals surface area contributed by atoms with E-state index < -0.39 is 36.6 Å². The number of hydrogen-bond donors (Lipinski definition) is 5. The zero-order chi connectivity index (χ0) is 42.9. The van der Waals surface area contributed by atoms with Crippen molar-refractivity contribution >= 4 is 36.1 Å². The van der Waals surface area contributed by atoms with Crippen LogP contribution in [0.15, 0.2) is 72.8 Å². The van der Waals surface area contributed by atoms with Gasteiger partial charge < -0.3 is 44.9 Å². The van der Waals surface area contributed by atoms with Crippen molar-refractivity contribution in [1.82, 2.24) is 10.3 Å². The second kappa shape index (κ2) is 22.6. The van der Waals surface area contributed by atoms with E-state index in [4.69, 9.17) is 34.0 Å².